The van der Waals surface area contributed by atoms with E-state index >= 15 is 0 Å². The van der Waals surface area contributed by atoms with Gasteiger partial charge in [0.2, 0.25) is 0 Å². The molecule has 0 aliphatic carbocycles. The Morgan fingerprint density at radius 3 is 2.45 bits per heavy atom. The molecule has 0 spiro atoms. The maximum Gasteiger partial charge on any atom is 0.273 e. The van der Waals surface area contributed by atoms with Crippen LogP contribution in [0.15, 0.2) is 54.2 Å². The van der Waals surface area contributed by atoms with Crippen molar-refractivity contribution in [2.45, 2.75) is 32.6 Å². The highest BCUT2D eigenvalue weighted by Gasteiger charge is 2.20. The fraction of sp³-hybridized carbons (Fsp3) is 0.304. The molecule has 29 heavy (non-hydrogen) atoms. The number of rotatable bonds is 9. The van der Waals surface area contributed by atoms with Gasteiger partial charge in [-0.2, -0.15) is 0 Å². The minimum absolute atomic E-state index is 0.238. The van der Waals surface area contributed by atoms with Crippen molar-refractivity contribution in [1.82, 2.24) is 10.6 Å². The van der Waals surface area contributed by atoms with Gasteiger partial charge in [0.1, 0.15) is 17.2 Å². The fourth-order valence-corrected chi connectivity index (χ4v) is 3.13. The molecule has 6 heteroatoms. The molecule has 1 saturated heterocycles. The molecule has 3 rings (SSSR count). The van der Waals surface area contributed by atoms with E-state index in [4.69, 9.17) is 21.7 Å². The Bertz CT molecular complexity index is 893. The van der Waals surface area contributed by atoms with Gasteiger partial charge in [-0.05, 0) is 54.4 Å². The molecule has 1 atom stereocenters. The first kappa shape index (κ1) is 20.9. The highest BCUT2D eigenvalue weighted by Crippen LogP contribution is 2.23. The number of hydrogen-bond donors (Lipinski definition) is 2. The van der Waals surface area contributed by atoms with E-state index in [1.807, 2.05) is 36.4 Å². The molecule has 5 nitrogen and oxygen atoms in total. The summed E-state index contributed by atoms with van der Waals surface area (Å²) >= 11 is 4.96. The molecular formula is C23H26N2O3S. The SMILES string of the molecule is CCC(C)c1ccc(OCCCOc2ccccc2/C=C2\NC(=S)NC2=O)cc1. The topological polar surface area (TPSA) is 59.6 Å². The third-order valence-corrected chi connectivity index (χ3v) is 5.02. The van der Waals surface area contributed by atoms with Gasteiger partial charge in [0.05, 0.1) is 13.2 Å². The molecular weight excluding hydrogens is 384 g/mol. The first-order chi connectivity index (χ1) is 14.1. The van der Waals surface area contributed by atoms with Crippen molar-refractivity contribution < 1.29 is 14.3 Å². The first-order valence-electron chi connectivity index (χ1n) is 9.85. The van der Waals surface area contributed by atoms with Crippen LogP contribution < -0.4 is 20.1 Å². The molecule has 152 valence electrons. The summed E-state index contributed by atoms with van der Waals surface area (Å²) in [6, 6.07) is 15.9. The molecule has 1 fully saturated rings. The van der Waals surface area contributed by atoms with E-state index in [9.17, 15) is 4.79 Å². The van der Waals surface area contributed by atoms with E-state index in [1.54, 1.807) is 6.08 Å². The summed E-state index contributed by atoms with van der Waals surface area (Å²) < 4.78 is 11.7. The minimum Gasteiger partial charge on any atom is -0.493 e. The van der Waals surface area contributed by atoms with Gasteiger partial charge in [0, 0.05) is 12.0 Å². The summed E-state index contributed by atoms with van der Waals surface area (Å²) in [6.45, 7) is 5.51. The monoisotopic (exact) mass is 410 g/mol. The summed E-state index contributed by atoms with van der Waals surface area (Å²) in [5, 5.41) is 5.71. The number of thiocarbonyl (C=S) groups is 1. The van der Waals surface area contributed by atoms with Gasteiger partial charge < -0.3 is 14.8 Å². The summed E-state index contributed by atoms with van der Waals surface area (Å²) in [4.78, 5) is 11.8. The molecule has 2 N–H and O–H groups in total. The Balaban J connectivity index is 1.48. The van der Waals surface area contributed by atoms with Crippen LogP contribution in [0.3, 0.4) is 0 Å². The van der Waals surface area contributed by atoms with Crippen molar-refractivity contribution in [1.29, 1.82) is 0 Å². The molecule has 1 unspecified atom stereocenters. The summed E-state index contributed by atoms with van der Waals surface area (Å²) in [6.07, 6.45) is 3.61. The maximum absolute atomic E-state index is 11.8. The van der Waals surface area contributed by atoms with Gasteiger partial charge in [0.15, 0.2) is 5.11 Å². The molecule has 1 aliphatic heterocycles. The van der Waals surface area contributed by atoms with Crippen molar-refractivity contribution in [2.75, 3.05) is 13.2 Å². The standard InChI is InChI=1S/C23H26N2O3S/c1-3-16(2)17-9-11-19(12-10-17)27-13-6-14-28-21-8-5-4-7-18(21)15-20-22(26)25-23(29)24-20/h4-5,7-12,15-16H,3,6,13-14H2,1-2H3,(H2,24,25,26,29)/b20-15-. The normalized spacial score (nSPS) is 15.7. The molecule has 0 bridgehead atoms. The van der Waals surface area contributed by atoms with Crippen molar-refractivity contribution in [2.24, 2.45) is 0 Å². The molecule has 0 aromatic heterocycles. The minimum atomic E-state index is -0.238. The van der Waals surface area contributed by atoms with E-state index in [-0.39, 0.29) is 5.91 Å². The summed E-state index contributed by atoms with van der Waals surface area (Å²) in [5.41, 5.74) is 2.56. The second-order valence-electron chi connectivity index (χ2n) is 6.93. The molecule has 1 amide bonds. The second kappa shape index (κ2) is 10.1. The third kappa shape index (κ3) is 5.81. The van der Waals surface area contributed by atoms with Crippen LogP contribution in [0.25, 0.3) is 6.08 Å². The number of para-hydroxylation sites is 1. The van der Waals surface area contributed by atoms with Crippen LogP contribution in [0, 0.1) is 0 Å². The van der Waals surface area contributed by atoms with E-state index in [0.717, 1.165) is 24.2 Å². The zero-order chi connectivity index (χ0) is 20.6. The van der Waals surface area contributed by atoms with Crippen molar-refractivity contribution >= 4 is 29.3 Å². The number of ether oxygens (including phenoxy) is 2. The van der Waals surface area contributed by atoms with Crippen molar-refractivity contribution in [3.05, 3.63) is 65.4 Å². The smallest absolute Gasteiger partial charge is 0.273 e. The van der Waals surface area contributed by atoms with Gasteiger partial charge in [-0.3, -0.25) is 10.1 Å². The predicted octanol–water partition coefficient (Wildman–Crippen LogP) is 4.39. The number of hydrogen-bond acceptors (Lipinski definition) is 4. The Hall–Kier alpha value is -2.86. The van der Waals surface area contributed by atoms with Gasteiger partial charge in [-0.15, -0.1) is 0 Å². The van der Waals surface area contributed by atoms with Crippen LogP contribution in [0.5, 0.6) is 11.5 Å². The lowest BCUT2D eigenvalue weighted by atomic mass is 9.99. The molecule has 1 aliphatic rings. The third-order valence-electron chi connectivity index (χ3n) is 4.82. The fourth-order valence-electron chi connectivity index (χ4n) is 2.93. The van der Waals surface area contributed by atoms with Gasteiger partial charge in [-0.1, -0.05) is 44.2 Å². The van der Waals surface area contributed by atoms with E-state index in [2.05, 4.69) is 36.6 Å². The lowest BCUT2D eigenvalue weighted by Gasteiger charge is -2.12. The van der Waals surface area contributed by atoms with Gasteiger partial charge >= 0.3 is 0 Å². The predicted molar refractivity (Wildman–Crippen MR) is 119 cm³/mol. The number of carbonyl (C=O) groups excluding carboxylic acids is 1. The van der Waals surface area contributed by atoms with Crippen LogP contribution in [0.1, 0.15) is 43.7 Å². The maximum atomic E-state index is 11.8. The number of carbonyl (C=O) groups is 1. The molecule has 1 heterocycles. The molecule has 2 aromatic rings. The second-order valence-corrected chi connectivity index (χ2v) is 7.34. The van der Waals surface area contributed by atoms with Gasteiger partial charge in [0.25, 0.3) is 5.91 Å². The van der Waals surface area contributed by atoms with Crippen LogP contribution >= 0.6 is 12.2 Å². The van der Waals surface area contributed by atoms with Gasteiger partial charge in [-0.25, -0.2) is 0 Å². The largest absolute Gasteiger partial charge is 0.493 e. The quantitative estimate of drug-likeness (QED) is 0.365. The molecule has 0 saturated carbocycles. The Labute approximate surface area is 177 Å². The van der Waals surface area contributed by atoms with E-state index < -0.39 is 0 Å². The zero-order valence-electron chi connectivity index (χ0n) is 16.7. The average Bonchev–Trinajstić information content (AvgIpc) is 3.05. The average molecular weight is 411 g/mol. The highest BCUT2D eigenvalue weighted by molar-refractivity contribution is 7.80. The number of amides is 1. The molecule has 2 aromatic carbocycles. The lowest BCUT2D eigenvalue weighted by Crippen LogP contribution is -2.21. The Kier molecular flexibility index (Phi) is 7.25. The summed E-state index contributed by atoms with van der Waals surface area (Å²) in [5.74, 6) is 1.91. The van der Waals surface area contributed by atoms with Crippen LogP contribution in [-0.4, -0.2) is 24.2 Å². The van der Waals surface area contributed by atoms with Crippen LogP contribution in [0.2, 0.25) is 0 Å². The number of benzene rings is 2. The van der Waals surface area contributed by atoms with Crippen molar-refractivity contribution in [3.63, 3.8) is 0 Å². The number of nitrogens with one attached hydrogen (secondary N) is 2. The van der Waals surface area contributed by atoms with Crippen LogP contribution in [0.4, 0.5) is 0 Å². The zero-order valence-corrected chi connectivity index (χ0v) is 17.6. The Morgan fingerprint density at radius 2 is 1.76 bits per heavy atom. The van der Waals surface area contributed by atoms with E-state index in [1.165, 1.54) is 5.56 Å². The lowest BCUT2D eigenvalue weighted by molar-refractivity contribution is -0.115. The molecule has 0 radical (unpaired) electrons. The first-order valence-corrected chi connectivity index (χ1v) is 10.3. The Morgan fingerprint density at radius 1 is 1.03 bits per heavy atom. The highest BCUT2D eigenvalue weighted by atomic mass is 32.1. The summed E-state index contributed by atoms with van der Waals surface area (Å²) in [7, 11) is 0. The van der Waals surface area contributed by atoms with E-state index in [0.29, 0.717) is 35.7 Å². The van der Waals surface area contributed by atoms with Crippen molar-refractivity contribution in [3.8, 4) is 11.5 Å². The van der Waals surface area contributed by atoms with Crippen LogP contribution in [-0.2, 0) is 4.79 Å².